The number of rotatable bonds is 4. The van der Waals surface area contributed by atoms with Crippen molar-refractivity contribution in [2.24, 2.45) is 0 Å². The first-order valence-corrected chi connectivity index (χ1v) is 9.68. The Balaban J connectivity index is 1.69. The fourth-order valence-corrected chi connectivity index (χ4v) is 3.94. The third-order valence-electron chi connectivity index (χ3n) is 4.12. The van der Waals surface area contributed by atoms with Gasteiger partial charge < -0.3 is 10.2 Å². The molecule has 1 amide bonds. The number of thiocarbonyl (C=S) groups is 1. The van der Waals surface area contributed by atoms with E-state index in [1.807, 2.05) is 54.6 Å². The number of benzene rings is 3. The molecule has 0 unspecified atom stereocenters. The second-order valence-electron chi connectivity index (χ2n) is 5.95. The van der Waals surface area contributed by atoms with Crippen LogP contribution < -0.4 is 10.2 Å². The molecular formula is C22H16N2OS2. The molecule has 3 nitrogen and oxygen atoms in total. The largest absolute Gasteiger partial charge is 0.311 e. The van der Waals surface area contributed by atoms with Gasteiger partial charge >= 0.3 is 0 Å². The molecule has 0 radical (unpaired) electrons. The van der Waals surface area contributed by atoms with Gasteiger partial charge in [0.05, 0.1) is 4.91 Å². The van der Waals surface area contributed by atoms with E-state index in [0.717, 1.165) is 22.6 Å². The number of anilines is 3. The average molecular weight is 389 g/mol. The van der Waals surface area contributed by atoms with Crippen molar-refractivity contribution < 1.29 is 4.79 Å². The molecule has 0 aromatic heterocycles. The van der Waals surface area contributed by atoms with E-state index in [0.29, 0.717) is 9.23 Å². The van der Waals surface area contributed by atoms with E-state index >= 15 is 0 Å². The average Bonchev–Trinajstić information content (AvgIpc) is 3.02. The van der Waals surface area contributed by atoms with Crippen LogP contribution in [0.2, 0.25) is 0 Å². The molecule has 1 heterocycles. The topological polar surface area (TPSA) is 32.3 Å². The SMILES string of the molecule is O=C1NC(=S)S/C1=C/c1ccc(N(c2ccccc2)c2ccccc2)cc1. The van der Waals surface area contributed by atoms with Crippen LogP contribution in [-0.4, -0.2) is 10.2 Å². The van der Waals surface area contributed by atoms with Gasteiger partial charge in [0.15, 0.2) is 0 Å². The van der Waals surface area contributed by atoms with Gasteiger partial charge in [-0.2, -0.15) is 0 Å². The summed E-state index contributed by atoms with van der Waals surface area (Å²) in [7, 11) is 0. The molecule has 1 N–H and O–H groups in total. The van der Waals surface area contributed by atoms with E-state index in [9.17, 15) is 4.79 Å². The van der Waals surface area contributed by atoms with Gasteiger partial charge in [-0.25, -0.2) is 0 Å². The Kier molecular flexibility index (Phi) is 5.05. The lowest BCUT2D eigenvalue weighted by Crippen LogP contribution is -2.17. The Morgan fingerprint density at radius 2 is 1.30 bits per heavy atom. The fraction of sp³-hybridized carbons (Fsp3) is 0. The molecule has 0 spiro atoms. The highest BCUT2D eigenvalue weighted by Gasteiger charge is 2.21. The van der Waals surface area contributed by atoms with Gasteiger partial charge in [0.1, 0.15) is 4.32 Å². The van der Waals surface area contributed by atoms with Gasteiger partial charge in [-0.1, -0.05) is 72.5 Å². The lowest BCUT2D eigenvalue weighted by molar-refractivity contribution is -0.115. The first-order chi connectivity index (χ1) is 13.2. The number of hydrogen-bond donors (Lipinski definition) is 1. The molecule has 27 heavy (non-hydrogen) atoms. The van der Waals surface area contributed by atoms with E-state index in [2.05, 4.69) is 46.6 Å². The molecule has 0 atom stereocenters. The molecule has 0 bridgehead atoms. The van der Waals surface area contributed by atoms with Crippen LogP contribution in [0, 0.1) is 0 Å². The fourth-order valence-electron chi connectivity index (χ4n) is 2.89. The highest BCUT2D eigenvalue weighted by Crippen LogP contribution is 2.34. The van der Waals surface area contributed by atoms with Crippen molar-refractivity contribution in [2.75, 3.05) is 4.90 Å². The normalized spacial score (nSPS) is 15.0. The van der Waals surface area contributed by atoms with Gasteiger partial charge in [-0.15, -0.1) is 0 Å². The van der Waals surface area contributed by atoms with Crippen molar-refractivity contribution in [3.8, 4) is 0 Å². The highest BCUT2D eigenvalue weighted by molar-refractivity contribution is 8.26. The Morgan fingerprint density at radius 3 is 1.78 bits per heavy atom. The number of para-hydroxylation sites is 2. The summed E-state index contributed by atoms with van der Waals surface area (Å²) in [6.07, 6.45) is 1.86. The number of hydrogen-bond acceptors (Lipinski definition) is 4. The quantitative estimate of drug-likeness (QED) is 0.463. The van der Waals surface area contributed by atoms with Crippen LogP contribution >= 0.6 is 24.0 Å². The van der Waals surface area contributed by atoms with Gasteiger partial charge in [0, 0.05) is 17.1 Å². The molecule has 3 aromatic carbocycles. The van der Waals surface area contributed by atoms with Crippen molar-refractivity contribution in [1.82, 2.24) is 5.32 Å². The van der Waals surface area contributed by atoms with Crippen LogP contribution in [0.15, 0.2) is 89.8 Å². The number of thioether (sulfide) groups is 1. The number of carbonyl (C=O) groups excluding carboxylic acids is 1. The van der Waals surface area contributed by atoms with Crippen LogP contribution in [0.3, 0.4) is 0 Å². The Morgan fingerprint density at radius 1 is 0.778 bits per heavy atom. The van der Waals surface area contributed by atoms with Crippen molar-refractivity contribution >= 4 is 57.3 Å². The van der Waals surface area contributed by atoms with Crippen LogP contribution in [0.1, 0.15) is 5.56 Å². The lowest BCUT2D eigenvalue weighted by atomic mass is 10.1. The summed E-state index contributed by atoms with van der Waals surface area (Å²) < 4.78 is 0.502. The van der Waals surface area contributed by atoms with Crippen LogP contribution in [-0.2, 0) is 4.79 Å². The first-order valence-electron chi connectivity index (χ1n) is 8.46. The van der Waals surface area contributed by atoms with Gasteiger partial charge in [0.25, 0.3) is 5.91 Å². The van der Waals surface area contributed by atoms with Crippen LogP contribution in [0.4, 0.5) is 17.1 Å². The van der Waals surface area contributed by atoms with Gasteiger partial charge in [-0.3, -0.25) is 4.79 Å². The minimum Gasteiger partial charge on any atom is -0.311 e. The highest BCUT2D eigenvalue weighted by atomic mass is 32.2. The maximum absolute atomic E-state index is 11.8. The molecule has 0 saturated carbocycles. The summed E-state index contributed by atoms with van der Waals surface area (Å²) in [6.45, 7) is 0. The van der Waals surface area contributed by atoms with Crippen LogP contribution in [0.25, 0.3) is 6.08 Å². The molecular weight excluding hydrogens is 372 g/mol. The molecule has 5 heteroatoms. The maximum atomic E-state index is 11.8. The van der Waals surface area contributed by atoms with E-state index in [-0.39, 0.29) is 5.91 Å². The molecule has 0 aliphatic carbocycles. The van der Waals surface area contributed by atoms with E-state index in [1.165, 1.54) is 11.8 Å². The smallest absolute Gasteiger partial charge is 0.263 e. The van der Waals surface area contributed by atoms with Gasteiger partial charge in [0.2, 0.25) is 0 Å². The second-order valence-corrected chi connectivity index (χ2v) is 7.67. The van der Waals surface area contributed by atoms with Crippen molar-refractivity contribution in [1.29, 1.82) is 0 Å². The summed E-state index contributed by atoms with van der Waals surface area (Å²) >= 11 is 6.33. The maximum Gasteiger partial charge on any atom is 0.263 e. The number of nitrogens with one attached hydrogen (secondary N) is 1. The minimum atomic E-state index is -0.135. The van der Waals surface area contributed by atoms with Crippen molar-refractivity contribution in [3.05, 3.63) is 95.4 Å². The summed E-state index contributed by atoms with van der Waals surface area (Å²) in [5.74, 6) is -0.135. The zero-order valence-corrected chi connectivity index (χ0v) is 16.0. The van der Waals surface area contributed by atoms with Gasteiger partial charge in [-0.05, 0) is 48.0 Å². The molecule has 3 aromatic rings. The molecule has 1 saturated heterocycles. The zero-order valence-electron chi connectivity index (χ0n) is 14.3. The van der Waals surface area contributed by atoms with Crippen molar-refractivity contribution in [2.45, 2.75) is 0 Å². The molecule has 4 rings (SSSR count). The number of nitrogens with zero attached hydrogens (tertiary/aromatic N) is 1. The predicted molar refractivity (Wildman–Crippen MR) is 117 cm³/mol. The predicted octanol–water partition coefficient (Wildman–Crippen LogP) is 5.65. The van der Waals surface area contributed by atoms with Crippen molar-refractivity contribution in [3.63, 3.8) is 0 Å². The first kappa shape index (κ1) is 17.5. The Labute approximate surface area is 167 Å². The van der Waals surface area contributed by atoms with Crippen LogP contribution in [0.5, 0.6) is 0 Å². The lowest BCUT2D eigenvalue weighted by Gasteiger charge is -2.25. The zero-order chi connectivity index (χ0) is 18.6. The number of carbonyl (C=O) groups is 1. The standard InChI is InChI=1S/C22H16N2OS2/c25-21-20(27-22(26)23-21)15-16-11-13-19(14-12-16)24(17-7-3-1-4-8-17)18-9-5-2-6-10-18/h1-15H,(H,23,25,26)/b20-15+. The van der Waals surface area contributed by atoms with E-state index in [4.69, 9.17) is 12.2 Å². The monoisotopic (exact) mass is 388 g/mol. The van der Waals surface area contributed by atoms with E-state index in [1.54, 1.807) is 0 Å². The summed E-state index contributed by atoms with van der Waals surface area (Å²) in [5.41, 5.74) is 4.19. The Bertz CT molecular complexity index is 960. The molecule has 132 valence electrons. The van der Waals surface area contributed by atoms with E-state index < -0.39 is 0 Å². The molecule has 1 aliphatic rings. The summed E-state index contributed by atoms with van der Waals surface area (Å²) in [6, 6.07) is 28.6. The Hall–Kier alpha value is -2.89. The molecule has 1 fully saturated rings. The summed E-state index contributed by atoms with van der Waals surface area (Å²) in [5, 5.41) is 2.64. The number of amides is 1. The summed E-state index contributed by atoms with van der Waals surface area (Å²) in [4.78, 5) is 14.7. The molecule has 1 aliphatic heterocycles. The minimum absolute atomic E-state index is 0.135. The third kappa shape index (κ3) is 3.94. The second kappa shape index (κ2) is 7.78. The third-order valence-corrected chi connectivity index (χ3v) is 5.28.